The van der Waals surface area contributed by atoms with Gasteiger partial charge in [-0.1, -0.05) is 48.0 Å². The molecule has 0 bridgehead atoms. The number of nitrogens with two attached hydrogens (primary N) is 2. The normalized spacial score (nSPS) is 16.9. The predicted octanol–water partition coefficient (Wildman–Crippen LogP) is -1.80. The second kappa shape index (κ2) is 28.3. The van der Waals surface area contributed by atoms with Gasteiger partial charge in [0.15, 0.2) is 0 Å². The van der Waals surface area contributed by atoms with E-state index < -0.39 is 120 Å². The van der Waals surface area contributed by atoms with Gasteiger partial charge in [0.2, 0.25) is 47.3 Å². The monoisotopic (exact) mass is 897 g/mol. The highest BCUT2D eigenvalue weighted by atomic mass is 16.4. The third-order valence-electron chi connectivity index (χ3n) is 10.5. The van der Waals surface area contributed by atoms with Crippen molar-refractivity contribution in [3.05, 3.63) is 0 Å². The van der Waals surface area contributed by atoms with Gasteiger partial charge in [-0.15, -0.1) is 0 Å². The molecule has 1 aliphatic heterocycles. The molecule has 0 unspecified atom stereocenters. The van der Waals surface area contributed by atoms with Gasteiger partial charge in [0.25, 0.3) is 0 Å². The molecule has 63 heavy (non-hydrogen) atoms. The summed E-state index contributed by atoms with van der Waals surface area (Å²) in [7, 11) is 0. The van der Waals surface area contributed by atoms with Crippen LogP contribution in [0.25, 0.3) is 0 Å². The van der Waals surface area contributed by atoms with E-state index in [0.29, 0.717) is 32.2 Å². The van der Waals surface area contributed by atoms with Crippen LogP contribution in [-0.4, -0.2) is 143 Å². The van der Waals surface area contributed by atoms with Gasteiger partial charge in [-0.25, -0.2) is 4.79 Å². The molecule has 0 aliphatic carbocycles. The second-order valence-electron chi connectivity index (χ2n) is 16.9. The first-order valence-corrected chi connectivity index (χ1v) is 21.8. The van der Waals surface area contributed by atoms with E-state index in [-0.39, 0.29) is 57.0 Å². The lowest BCUT2D eigenvalue weighted by atomic mass is 9.97. The van der Waals surface area contributed by atoms with E-state index in [1.807, 2.05) is 13.8 Å². The fraction of sp³-hybridized carbons (Fsp3) is 0.756. The van der Waals surface area contributed by atoms with Crippen LogP contribution in [0.15, 0.2) is 0 Å². The van der Waals surface area contributed by atoms with Crippen LogP contribution >= 0.6 is 0 Å². The maximum atomic E-state index is 14.0. The van der Waals surface area contributed by atoms with Crippen LogP contribution < -0.4 is 48.7 Å². The van der Waals surface area contributed by atoms with Crippen LogP contribution in [0, 0.1) is 17.8 Å². The number of likely N-dealkylation sites (tertiary alicyclic amines) is 1. The maximum absolute atomic E-state index is 14.0. The average molecular weight is 897 g/mol. The zero-order valence-corrected chi connectivity index (χ0v) is 37.8. The van der Waals surface area contributed by atoms with Gasteiger partial charge in [0, 0.05) is 13.0 Å². The smallest absolute Gasteiger partial charge is 0.326 e. The van der Waals surface area contributed by atoms with Gasteiger partial charge in [0.1, 0.15) is 42.3 Å². The summed E-state index contributed by atoms with van der Waals surface area (Å²) in [5, 5.41) is 36.6. The molecule has 0 aromatic heterocycles. The molecule has 1 aliphatic rings. The Morgan fingerprint density at radius 2 is 1.24 bits per heavy atom. The fourth-order valence-corrected chi connectivity index (χ4v) is 6.84. The van der Waals surface area contributed by atoms with E-state index >= 15 is 0 Å². The second-order valence-corrected chi connectivity index (χ2v) is 16.9. The SMILES string of the molecule is CC[C@H](C)[C@H](NC(=O)CNC(=O)[C@H](CCC(=O)O)NC(=O)[C@H](CCCCN)NC(=O)[C@H](CC(C)C)NC(=O)CN)C(=O)N1CCC[C@H]1C(=O)N[C@@H](C)C(=O)N[C@@H](CC(C)C)C(=O)O. The summed E-state index contributed by atoms with van der Waals surface area (Å²) in [6.07, 6.45) is 1.60. The minimum atomic E-state index is -1.47. The molecule has 0 radical (unpaired) electrons. The molecule has 1 saturated heterocycles. The summed E-state index contributed by atoms with van der Waals surface area (Å²) in [5.74, 6) is -8.68. The van der Waals surface area contributed by atoms with Crippen molar-refractivity contribution in [1.29, 1.82) is 0 Å². The molecule has 0 aromatic carbocycles. The minimum Gasteiger partial charge on any atom is -0.481 e. The highest BCUT2D eigenvalue weighted by Gasteiger charge is 2.40. The number of carbonyl (C=O) groups is 10. The first kappa shape index (κ1) is 55.6. The van der Waals surface area contributed by atoms with E-state index in [0.717, 1.165) is 0 Å². The van der Waals surface area contributed by atoms with Gasteiger partial charge in [-0.3, -0.25) is 43.2 Å². The van der Waals surface area contributed by atoms with Crippen LogP contribution in [0.4, 0.5) is 0 Å². The fourth-order valence-electron chi connectivity index (χ4n) is 6.84. The van der Waals surface area contributed by atoms with Crippen molar-refractivity contribution in [2.24, 2.45) is 29.2 Å². The van der Waals surface area contributed by atoms with Crippen molar-refractivity contribution in [2.45, 2.75) is 155 Å². The van der Waals surface area contributed by atoms with Crippen LogP contribution in [0.5, 0.6) is 0 Å². The van der Waals surface area contributed by atoms with Crippen LogP contribution in [0.3, 0.4) is 0 Å². The first-order chi connectivity index (χ1) is 29.6. The molecule has 0 spiro atoms. The molecule has 358 valence electrons. The quantitative estimate of drug-likeness (QED) is 0.0369. The summed E-state index contributed by atoms with van der Waals surface area (Å²) in [5.41, 5.74) is 11.1. The minimum absolute atomic E-state index is 0.0240. The zero-order chi connectivity index (χ0) is 48.0. The standard InChI is InChI=1S/C41H72N10O12/c1-8-24(6)34(40(61)51-17-11-13-30(51)39(60)45-25(7)35(56)49-29(41(62)63)19-23(4)5)50-32(53)21-44-36(57)27(14-15-33(54)55)48-37(58)26(12-9-10-16-42)47-38(59)28(18-22(2)3)46-31(52)20-43/h22-30,34H,8-21,42-43H2,1-7H3,(H,44,57)(H,45,60)(H,46,52)(H,47,59)(H,48,58)(H,49,56)(H,50,53)(H,54,55)(H,62,63)/t24-,25-,26-,27-,28-,29-,30-,34-/m0/s1. The molecule has 1 fully saturated rings. The summed E-state index contributed by atoms with van der Waals surface area (Å²) in [4.78, 5) is 130. The number of amides is 8. The van der Waals surface area contributed by atoms with E-state index in [2.05, 4.69) is 37.2 Å². The molecule has 8 atom stereocenters. The number of carboxylic acid groups (broad SMARTS) is 2. The largest absolute Gasteiger partial charge is 0.481 e. The Hall–Kier alpha value is -5.38. The summed E-state index contributed by atoms with van der Waals surface area (Å²) >= 11 is 0. The first-order valence-electron chi connectivity index (χ1n) is 21.8. The Kier molecular flexibility index (Phi) is 25.0. The molecular formula is C41H72N10O12. The van der Waals surface area contributed by atoms with Crippen molar-refractivity contribution in [1.82, 2.24) is 42.1 Å². The summed E-state index contributed by atoms with van der Waals surface area (Å²) in [6, 6.07) is -8.12. The van der Waals surface area contributed by atoms with Crippen molar-refractivity contribution in [3.63, 3.8) is 0 Å². The highest BCUT2D eigenvalue weighted by molar-refractivity contribution is 5.97. The highest BCUT2D eigenvalue weighted by Crippen LogP contribution is 2.22. The molecule has 0 aromatic rings. The number of unbranched alkanes of at least 4 members (excludes halogenated alkanes) is 1. The van der Waals surface area contributed by atoms with Crippen LogP contribution in [0.1, 0.15) is 113 Å². The van der Waals surface area contributed by atoms with Crippen molar-refractivity contribution in [3.8, 4) is 0 Å². The molecule has 1 rings (SSSR count). The number of hydrogen-bond acceptors (Lipinski definition) is 12. The number of hydrogen-bond donors (Lipinski definition) is 11. The number of aliphatic carboxylic acids is 2. The van der Waals surface area contributed by atoms with E-state index in [1.165, 1.54) is 11.8 Å². The van der Waals surface area contributed by atoms with Crippen molar-refractivity contribution in [2.75, 3.05) is 26.2 Å². The van der Waals surface area contributed by atoms with Gasteiger partial charge in [-0.05, 0) is 82.6 Å². The number of nitrogens with one attached hydrogen (secondary N) is 7. The lowest BCUT2D eigenvalue weighted by molar-refractivity contribution is -0.144. The number of carboxylic acids is 2. The summed E-state index contributed by atoms with van der Waals surface area (Å²) in [6.45, 7) is 11.6. The predicted molar refractivity (Wildman–Crippen MR) is 230 cm³/mol. The van der Waals surface area contributed by atoms with Crippen molar-refractivity contribution >= 4 is 59.2 Å². The number of rotatable bonds is 29. The lowest BCUT2D eigenvalue weighted by Gasteiger charge is -2.32. The number of carbonyl (C=O) groups excluding carboxylic acids is 8. The van der Waals surface area contributed by atoms with Crippen LogP contribution in [-0.2, 0) is 47.9 Å². The third-order valence-corrected chi connectivity index (χ3v) is 10.5. The average Bonchev–Trinajstić information content (AvgIpc) is 3.72. The molecular weight excluding hydrogens is 825 g/mol. The molecule has 0 saturated carbocycles. The Balaban J connectivity index is 3.13. The topological polar surface area (TPSA) is 351 Å². The molecule has 1 heterocycles. The van der Waals surface area contributed by atoms with E-state index in [9.17, 15) is 58.2 Å². The lowest BCUT2D eigenvalue weighted by Crippen LogP contribution is -2.59. The number of nitrogens with zero attached hydrogens (tertiary/aromatic N) is 1. The van der Waals surface area contributed by atoms with Gasteiger partial charge in [0.05, 0.1) is 13.1 Å². The molecule has 13 N–H and O–H groups in total. The van der Waals surface area contributed by atoms with Crippen molar-refractivity contribution < 1.29 is 58.2 Å². The zero-order valence-electron chi connectivity index (χ0n) is 37.8. The molecule has 22 nitrogen and oxygen atoms in total. The Morgan fingerprint density at radius 1 is 0.667 bits per heavy atom. The van der Waals surface area contributed by atoms with E-state index in [1.54, 1.807) is 27.7 Å². The summed E-state index contributed by atoms with van der Waals surface area (Å²) < 4.78 is 0. The van der Waals surface area contributed by atoms with E-state index in [4.69, 9.17) is 11.5 Å². The Bertz CT molecular complexity index is 1590. The van der Waals surface area contributed by atoms with Gasteiger partial charge >= 0.3 is 11.9 Å². The Labute approximate surface area is 369 Å². The molecule has 8 amide bonds. The molecule has 22 heteroatoms. The van der Waals surface area contributed by atoms with Gasteiger partial charge in [-0.2, -0.15) is 0 Å². The van der Waals surface area contributed by atoms with Gasteiger partial charge < -0.3 is 63.8 Å². The van der Waals surface area contributed by atoms with Crippen LogP contribution in [0.2, 0.25) is 0 Å². The Morgan fingerprint density at radius 3 is 1.78 bits per heavy atom. The third kappa shape index (κ3) is 20.1. The maximum Gasteiger partial charge on any atom is 0.326 e.